The van der Waals surface area contributed by atoms with Gasteiger partial charge in [0.15, 0.2) is 0 Å². The van der Waals surface area contributed by atoms with E-state index in [0.29, 0.717) is 17.8 Å². The average Bonchev–Trinajstić information content (AvgIpc) is 3.07. The minimum atomic E-state index is 0.0962. The lowest BCUT2D eigenvalue weighted by atomic mass is 9.61. The molecular weight excluding hydrogens is 316 g/mol. The second kappa shape index (κ2) is 6.17. The van der Waals surface area contributed by atoms with Crippen LogP contribution in [0.2, 0.25) is 0 Å². The first-order valence-corrected chi connectivity index (χ1v) is 9.74. The lowest BCUT2D eigenvalue weighted by molar-refractivity contribution is 0.0663. The molecule has 0 spiro atoms. The maximum absolute atomic E-state index is 10.0. The third-order valence-corrected chi connectivity index (χ3v) is 7.01. The summed E-state index contributed by atoms with van der Waals surface area (Å²) in [5.74, 6) is 0.393. The summed E-state index contributed by atoms with van der Waals surface area (Å²) in [7, 11) is 2.25. The summed E-state index contributed by atoms with van der Waals surface area (Å²) in [6.45, 7) is 4.52. The van der Waals surface area contributed by atoms with Crippen molar-refractivity contribution < 1.29 is 5.11 Å². The highest BCUT2D eigenvalue weighted by Gasteiger charge is 2.49. The Bertz CT molecular complexity index is 714. The van der Waals surface area contributed by atoms with Gasteiger partial charge in [0.1, 0.15) is 5.75 Å². The molecule has 3 atom stereocenters. The Kier molecular flexibility index (Phi) is 4.15. The molecule has 1 saturated heterocycles. The van der Waals surface area contributed by atoms with Crippen LogP contribution in [0.25, 0.3) is 0 Å². The highest BCUT2D eigenvalue weighted by molar-refractivity contribution is 7.09. The maximum Gasteiger partial charge on any atom is 0.115 e. The molecule has 128 valence electrons. The zero-order chi connectivity index (χ0) is 16.7. The molecule has 2 aromatic rings. The number of piperidine rings is 1. The molecule has 3 unspecified atom stereocenters. The van der Waals surface area contributed by atoms with Crippen LogP contribution in [0, 0.1) is 0 Å². The van der Waals surface area contributed by atoms with E-state index < -0.39 is 0 Å². The molecule has 4 rings (SSSR count). The van der Waals surface area contributed by atoms with Gasteiger partial charge >= 0.3 is 0 Å². The number of aromatic hydroxyl groups is 1. The fraction of sp³-hybridized carbons (Fsp3) is 0.500. The number of likely N-dealkylation sites (N-methyl/N-ethyl adjacent to an activating group) is 1. The van der Waals surface area contributed by atoms with E-state index in [4.69, 9.17) is 0 Å². The number of benzene rings is 1. The van der Waals surface area contributed by atoms with Crippen molar-refractivity contribution in [2.45, 2.75) is 43.7 Å². The summed E-state index contributed by atoms with van der Waals surface area (Å²) in [6, 6.07) is 11.3. The number of phenolic OH excluding ortho intramolecular Hbond substituents is 1. The standard InChI is InChI=1S/C20H26N2OS/c1-20-8-10-22(2)18(12-14-5-6-15(23)13-17(14)20)19(20)21-9-7-16-4-3-11-24-16/h3-6,11,13,18-19,21,23H,7-10,12H2,1-2H3. The maximum atomic E-state index is 10.0. The van der Waals surface area contributed by atoms with Crippen molar-refractivity contribution in [3.05, 3.63) is 51.7 Å². The summed E-state index contributed by atoms with van der Waals surface area (Å²) >= 11 is 1.84. The SMILES string of the molecule is CN1CCC2(C)c3cc(O)ccc3CC1C2NCCc1cccs1. The highest BCUT2D eigenvalue weighted by Crippen LogP contribution is 2.45. The second-order valence-corrected chi connectivity index (χ2v) is 8.55. The van der Waals surface area contributed by atoms with Gasteiger partial charge in [0.2, 0.25) is 0 Å². The van der Waals surface area contributed by atoms with Gasteiger partial charge in [0.05, 0.1) is 0 Å². The van der Waals surface area contributed by atoms with Crippen LogP contribution in [0.4, 0.5) is 0 Å². The van der Waals surface area contributed by atoms with Crippen molar-refractivity contribution in [3.63, 3.8) is 0 Å². The van der Waals surface area contributed by atoms with Crippen LogP contribution >= 0.6 is 11.3 Å². The molecule has 24 heavy (non-hydrogen) atoms. The van der Waals surface area contributed by atoms with E-state index in [-0.39, 0.29) is 5.41 Å². The number of thiophene rings is 1. The predicted molar refractivity (Wildman–Crippen MR) is 100 cm³/mol. The normalized spacial score (nSPS) is 29.4. The topological polar surface area (TPSA) is 35.5 Å². The lowest BCUT2D eigenvalue weighted by Gasteiger charge is -2.55. The number of nitrogens with one attached hydrogen (secondary N) is 1. The third-order valence-electron chi connectivity index (χ3n) is 6.07. The largest absolute Gasteiger partial charge is 0.508 e. The molecule has 4 heteroatoms. The van der Waals surface area contributed by atoms with Crippen LogP contribution in [0.15, 0.2) is 35.7 Å². The summed E-state index contributed by atoms with van der Waals surface area (Å²) in [4.78, 5) is 3.96. The van der Waals surface area contributed by atoms with Gasteiger partial charge in [-0.3, -0.25) is 0 Å². The molecule has 1 aliphatic carbocycles. The summed E-state index contributed by atoms with van der Waals surface area (Å²) in [5.41, 5.74) is 2.85. The lowest BCUT2D eigenvalue weighted by Crippen LogP contribution is -2.66. The van der Waals surface area contributed by atoms with Crippen LogP contribution < -0.4 is 5.32 Å². The molecule has 1 aromatic heterocycles. The highest BCUT2D eigenvalue weighted by atomic mass is 32.1. The van der Waals surface area contributed by atoms with Gasteiger partial charge in [-0.25, -0.2) is 0 Å². The first-order valence-electron chi connectivity index (χ1n) is 8.86. The van der Waals surface area contributed by atoms with Crippen LogP contribution in [0.1, 0.15) is 29.3 Å². The third kappa shape index (κ3) is 2.67. The van der Waals surface area contributed by atoms with Crippen LogP contribution in [0.3, 0.4) is 0 Å². The fourth-order valence-electron chi connectivity index (χ4n) is 4.65. The van der Waals surface area contributed by atoms with E-state index in [1.54, 1.807) is 0 Å². The quantitative estimate of drug-likeness (QED) is 0.896. The van der Waals surface area contributed by atoms with Crippen molar-refractivity contribution in [1.82, 2.24) is 10.2 Å². The number of likely N-dealkylation sites (tertiary alicyclic amines) is 1. The molecule has 2 aliphatic rings. The smallest absolute Gasteiger partial charge is 0.115 e. The first kappa shape index (κ1) is 16.1. The molecule has 3 nitrogen and oxygen atoms in total. The van der Waals surface area contributed by atoms with Gasteiger partial charge in [-0.1, -0.05) is 19.1 Å². The number of hydrogen-bond acceptors (Lipinski definition) is 4. The second-order valence-electron chi connectivity index (χ2n) is 7.52. The molecule has 2 bridgehead atoms. The van der Waals surface area contributed by atoms with Crippen molar-refractivity contribution >= 4 is 11.3 Å². The van der Waals surface area contributed by atoms with Gasteiger partial charge in [-0.05, 0) is 67.6 Å². The number of rotatable bonds is 4. The minimum absolute atomic E-state index is 0.0962. The van der Waals surface area contributed by atoms with Crippen LogP contribution in [-0.4, -0.2) is 42.2 Å². The predicted octanol–water partition coefficient (Wildman–Crippen LogP) is 3.17. The van der Waals surface area contributed by atoms with Gasteiger partial charge in [-0.15, -0.1) is 11.3 Å². The van der Waals surface area contributed by atoms with Crippen LogP contribution in [0.5, 0.6) is 5.75 Å². The molecule has 1 aromatic carbocycles. The number of hydrogen-bond donors (Lipinski definition) is 2. The Morgan fingerprint density at radius 2 is 2.25 bits per heavy atom. The van der Waals surface area contributed by atoms with Gasteiger partial charge in [-0.2, -0.15) is 0 Å². The Morgan fingerprint density at radius 1 is 1.38 bits per heavy atom. The summed E-state index contributed by atoms with van der Waals surface area (Å²) in [6.07, 6.45) is 3.29. The fourth-order valence-corrected chi connectivity index (χ4v) is 5.36. The monoisotopic (exact) mass is 342 g/mol. The van der Waals surface area contributed by atoms with Gasteiger partial charge in [0.25, 0.3) is 0 Å². The van der Waals surface area contributed by atoms with E-state index in [1.807, 2.05) is 23.5 Å². The number of phenols is 1. The molecule has 0 amide bonds. The Hall–Kier alpha value is -1.36. The van der Waals surface area contributed by atoms with E-state index in [2.05, 4.69) is 47.8 Å². The molecule has 0 radical (unpaired) electrons. The molecule has 1 fully saturated rings. The van der Waals surface area contributed by atoms with E-state index in [1.165, 1.54) is 16.0 Å². The molecular formula is C20H26N2OS. The molecule has 0 saturated carbocycles. The van der Waals surface area contributed by atoms with E-state index in [0.717, 1.165) is 32.4 Å². The summed E-state index contributed by atoms with van der Waals surface area (Å²) in [5, 5.41) is 16.0. The Labute approximate surface area is 148 Å². The molecule has 2 heterocycles. The minimum Gasteiger partial charge on any atom is -0.508 e. The number of fused-ring (bicyclic) bond motifs is 4. The number of nitrogens with zero attached hydrogens (tertiary/aromatic N) is 1. The summed E-state index contributed by atoms with van der Waals surface area (Å²) < 4.78 is 0. The van der Waals surface area contributed by atoms with Crippen molar-refractivity contribution in [2.75, 3.05) is 20.1 Å². The zero-order valence-electron chi connectivity index (χ0n) is 14.5. The van der Waals surface area contributed by atoms with Crippen molar-refractivity contribution in [3.8, 4) is 5.75 Å². The average molecular weight is 343 g/mol. The van der Waals surface area contributed by atoms with Crippen LogP contribution in [-0.2, 0) is 18.3 Å². The van der Waals surface area contributed by atoms with E-state index >= 15 is 0 Å². The first-order chi connectivity index (χ1) is 11.6. The molecule has 1 aliphatic heterocycles. The zero-order valence-corrected chi connectivity index (χ0v) is 15.3. The van der Waals surface area contributed by atoms with Gasteiger partial charge < -0.3 is 15.3 Å². The Balaban J connectivity index is 1.60. The van der Waals surface area contributed by atoms with E-state index in [9.17, 15) is 5.11 Å². The van der Waals surface area contributed by atoms with Crippen molar-refractivity contribution in [2.24, 2.45) is 0 Å². The van der Waals surface area contributed by atoms with Crippen molar-refractivity contribution in [1.29, 1.82) is 0 Å². The Morgan fingerprint density at radius 3 is 3.04 bits per heavy atom. The molecule has 2 N–H and O–H groups in total. The van der Waals surface area contributed by atoms with Gasteiger partial charge in [0, 0.05) is 28.9 Å².